The highest BCUT2D eigenvalue weighted by molar-refractivity contribution is 7.13. The van der Waals surface area contributed by atoms with E-state index >= 15 is 0 Å². The van der Waals surface area contributed by atoms with Gasteiger partial charge in [-0.15, -0.1) is 11.3 Å². The molecule has 0 aliphatic carbocycles. The molecule has 4 rings (SSSR count). The molecule has 3 aromatic heterocycles. The zero-order valence-electron chi connectivity index (χ0n) is 13.4. The first-order chi connectivity index (χ1) is 12.1. The van der Waals surface area contributed by atoms with Gasteiger partial charge in [-0.3, -0.25) is 14.0 Å². The van der Waals surface area contributed by atoms with E-state index in [1.54, 1.807) is 11.3 Å². The number of anilines is 1. The first kappa shape index (κ1) is 15.5. The van der Waals surface area contributed by atoms with Crippen molar-refractivity contribution in [2.45, 2.75) is 19.8 Å². The maximum absolute atomic E-state index is 12.6. The molecular weight excluding hydrogens is 338 g/mol. The van der Waals surface area contributed by atoms with Crippen LogP contribution >= 0.6 is 11.3 Å². The van der Waals surface area contributed by atoms with Crippen LogP contribution in [0.1, 0.15) is 18.4 Å². The second kappa shape index (κ2) is 6.14. The Balaban J connectivity index is 1.76. The topological polar surface area (TPSA) is 87.9 Å². The van der Waals surface area contributed by atoms with Crippen molar-refractivity contribution in [3.63, 3.8) is 0 Å². The van der Waals surface area contributed by atoms with Crippen LogP contribution in [0.15, 0.2) is 40.9 Å². The van der Waals surface area contributed by atoms with E-state index in [-0.39, 0.29) is 18.2 Å². The summed E-state index contributed by atoms with van der Waals surface area (Å²) >= 11 is 1.56. The van der Waals surface area contributed by atoms with Crippen LogP contribution in [0.4, 0.5) is 5.82 Å². The Hall–Kier alpha value is -3.00. The Morgan fingerprint density at radius 3 is 2.96 bits per heavy atom. The van der Waals surface area contributed by atoms with Crippen LogP contribution in [0, 0.1) is 6.92 Å². The normalized spacial score (nSPS) is 14.3. The van der Waals surface area contributed by atoms with E-state index in [4.69, 9.17) is 0 Å². The molecule has 2 N–H and O–H groups in total. The maximum Gasteiger partial charge on any atom is 0.273 e. The number of aryl methyl sites for hydroxylation is 1. The lowest BCUT2D eigenvalue weighted by molar-refractivity contribution is -0.121. The number of aromatic nitrogens is 2. The van der Waals surface area contributed by atoms with E-state index in [0.29, 0.717) is 18.0 Å². The summed E-state index contributed by atoms with van der Waals surface area (Å²) in [5, 5.41) is 8.74. The summed E-state index contributed by atoms with van der Waals surface area (Å²) in [5.41, 5.74) is 5.22. The lowest BCUT2D eigenvalue weighted by atomic mass is 10.1. The summed E-state index contributed by atoms with van der Waals surface area (Å²) in [6, 6.07) is 7.83. The molecule has 25 heavy (non-hydrogen) atoms. The molecule has 126 valence electrons. The zero-order valence-corrected chi connectivity index (χ0v) is 14.3. The molecule has 0 fully saturated rings. The Kier molecular flexibility index (Phi) is 3.81. The monoisotopic (exact) mass is 353 g/mol. The average molecular weight is 353 g/mol. The quantitative estimate of drug-likeness (QED) is 0.758. The Labute approximate surface area is 147 Å². The van der Waals surface area contributed by atoms with Crippen molar-refractivity contribution in [1.29, 1.82) is 0 Å². The van der Waals surface area contributed by atoms with E-state index in [1.807, 2.05) is 47.2 Å². The van der Waals surface area contributed by atoms with E-state index in [2.05, 4.69) is 20.8 Å². The van der Waals surface area contributed by atoms with Gasteiger partial charge in [-0.1, -0.05) is 6.07 Å². The smallest absolute Gasteiger partial charge is 0.273 e. The number of hydrazone groups is 1. The summed E-state index contributed by atoms with van der Waals surface area (Å²) in [5.74, 6) is 0.0864. The molecule has 3 aromatic rings. The minimum Gasteiger partial charge on any atom is -0.305 e. The van der Waals surface area contributed by atoms with E-state index in [0.717, 1.165) is 21.8 Å². The van der Waals surface area contributed by atoms with Crippen molar-refractivity contribution in [1.82, 2.24) is 14.8 Å². The maximum atomic E-state index is 12.6. The fourth-order valence-corrected chi connectivity index (χ4v) is 3.38. The van der Waals surface area contributed by atoms with Crippen LogP contribution in [0.25, 0.3) is 16.2 Å². The van der Waals surface area contributed by atoms with Gasteiger partial charge in [0.2, 0.25) is 5.91 Å². The van der Waals surface area contributed by atoms with Gasteiger partial charge in [0.1, 0.15) is 22.9 Å². The number of imidazole rings is 1. The number of nitrogens with one attached hydrogen (secondary N) is 2. The number of thiophene rings is 1. The number of amides is 2. The molecule has 0 atom stereocenters. The van der Waals surface area contributed by atoms with Crippen molar-refractivity contribution < 1.29 is 9.59 Å². The number of carbonyl (C=O) groups is 2. The highest BCUT2D eigenvalue weighted by Gasteiger charge is 2.22. The number of nitrogens with zero attached hydrogens (tertiary/aromatic N) is 3. The third kappa shape index (κ3) is 2.91. The van der Waals surface area contributed by atoms with Gasteiger partial charge in [0.15, 0.2) is 0 Å². The number of hydrogen-bond acceptors (Lipinski definition) is 5. The van der Waals surface area contributed by atoms with Crippen LogP contribution in [-0.2, 0) is 9.59 Å². The Bertz CT molecular complexity index is 1000. The van der Waals surface area contributed by atoms with E-state index in [1.165, 1.54) is 0 Å². The van der Waals surface area contributed by atoms with E-state index < -0.39 is 0 Å². The molecule has 7 nitrogen and oxygen atoms in total. The Morgan fingerprint density at radius 2 is 2.24 bits per heavy atom. The lowest BCUT2D eigenvalue weighted by Crippen LogP contribution is -2.33. The Morgan fingerprint density at radius 1 is 1.36 bits per heavy atom. The fraction of sp³-hybridized carbons (Fsp3) is 0.176. The second-order valence-corrected chi connectivity index (χ2v) is 6.71. The third-order valence-corrected chi connectivity index (χ3v) is 4.81. The molecule has 0 saturated heterocycles. The molecule has 0 spiro atoms. The van der Waals surface area contributed by atoms with Crippen LogP contribution < -0.4 is 10.7 Å². The van der Waals surface area contributed by atoms with Crippen molar-refractivity contribution in [2.24, 2.45) is 5.10 Å². The minimum atomic E-state index is -0.333. The van der Waals surface area contributed by atoms with Gasteiger partial charge in [0.05, 0.1) is 4.88 Å². The molecule has 0 unspecified atom stereocenters. The summed E-state index contributed by atoms with van der Waals surface area (Å²) in [6.07, 6.45) is 2.47. The fourth-order valence-electron chi connectivity index (χ4n) is 2.67. The predicted octanol–water partition coefficient (Wildman–Crippen LogP) is 2.58. The van der Waals surface area contributed by atoms with Gasteiger partial charge in [-0.25, -0.2) is 10.4 Å². The van der Waals surface area contributed by atoms with Crippen molar-refractivity contribution >= 4 is 40.3 Å². The number of rotatable bonds is 3. The molecule has 0 bridgehead atoms. The molecule has 0 aromatic carbocycles. The first-order valence-corrected chi connectivity index (χ1v) is 8.69. The highest BCUT2D eigenvalue weighted by atomic mass is 32.1. The summed E-state index contributed by atoms with van der Waals surface area (Å²) < 4.78 is 1.85. The van der Waals surface area contributed by atoms with Gasteiger partial charge < -0.3 is 5.32 Å². The standard InChI is InChI=1S/C17H15N5O2S/c1-10-6-7-22-13(9-10)18-15(12-3-2-8-25-12)16(22)19-17(24)11-4-5-14(23)21-20-11/h2-3,6-9H,4-5H2,1H3,(H,19,24)(H,21,23). The summed E-state index contributed by atoms with van der Waals surface area (Å²) in [7, 11) is 0. The van der Waals surface area contributed by atoms with Crippen molar-refractivity contribution in [2.75, 3.05) is 5.32 Å². The molecule has 0 radical (unpaired) electrons. The molecule has 4 heterocycles. The number of carbonyl (C=O) groups excluding carboxylic acids is 2. The predicted molar refractivity (Wildman–Crippen MR) is 96.7 cm³/mol. The van der Waals surface area contributed by atoms with Crippen molar-refractivity contribution in [3.05, 3.63) is 41.4 Å². The number of hydrogen-bond donors (Lipinski definition) is 2. The average Bonchev–Trinajstić information content (AvgIpc) is 3.23. The second-order valence-electron chi connectivity index (χ2n) is 5.77. The lowest BCUT2D eigenvalue weighted by Gasteiger charge is -2.12. The van der Waals surface area contributed by atoms with Crippen LogP contribution in [0.3, 0.4) is 0 Å². The zero-order chi connectivity index (χ0) is 17.4. The first-order valence-electron chi connectivity index (χ1n) is 7.81. The SMILES string of the molecule is Cc1ccn2c(NC(=O)C3=NNC(=O)CC3)c(-c3cccs3)nc2c1. The molecule has 8 heteroatoms. The number of pyridine rings is 1. The highest BCUT2D eigenvalue weighted by Crippen LogP contribution is 2.32. The van der Waals surface area contributed by atoms with Crippen LogP contribution in [0.5, 0.6) is 0 Å². The minimum absolute atomic E-state index is 0.180. The van der Waals surface area contributed by atoms with Gasteiger partial charge in [-0.2, -0.15) is 5.10 Å². The van der Waals surface area contributed by atoms with Crippen LogP contribution in [-0.4, -0.2) is 26.9 Å². The van der Waals surface area contributed by atoms with Crippen molar-refractivity contribution in [3.8, 4) is 10.6 Å². The largest absolute Gasteiger partial charge is 0.305 e. The molecule has 1 aliphatic heterocycles. The van der Waals surface area contributed by atoms with Gasteiger partial charge >= 0.3 is 0 Å². The third-order valence-electron chi connectivity index (χ3n) is 3.93. The molecular formula is C17H15N5O2S. The van der Waals surface area contributed by atoms with E-state index in [9.17, 15) is 9.59 Å². The summed E-state index contributed by atoms with van der Waals surface area (Å²) in [6.45, 7) is 2.00. The van der Waals surface area contributed by atoms with Gasteiger partial charge in [0, 0.05) is 19.0 Å². The molecule has 2 amide bonds. The van der Waals surface area contributed by atoms with Gasteiger partial charge in [-0.05, 0) is 36.1 Å². The van der Waals surface area contributed by atoms with Gasteiger partial charge in [0.25, 0.3) is 5.91 Å². The molecule has 1 aliphatic rings. The van der Waals surface area contributed by atoms with Crippen LogP contribution in [0.2, 0.25) is 0 Å². The molecule has 0 saturated carbocycles. The number of fused-ring (bicyclic) bond motifs is 1. The summed E-state index contributed by atoms with van der Waals surface area (Å²) in [4.78, 5) is 29.4.